The fourth-order valence-corrected chi connectivity index (χ4v) is 2.50. The van der Waals surface area contributed by atoms with Crippen LogP contribution in [0.1, 0.15) is 37.8 Å². The number of nitrogens with zero attached hydrogens (tertiary/aromatic N) is 1. The van der Waals surface area contributed by atoms with E-state index in [1.807, 2.05) is 6.92 Å². The van der Waals surface area contributed by atoms with Crippen LogP contribution in [-0.2, 0) is 0 Å². The Hall–Kier alpha value is -0.860. The predicted octanol–water partition coefficient (Wildman–Crippen LogP) is 2.59. The summed E-state index contributed by atoms with van der Waals surface area (Å²) in [4.78, 5) is 2.42. The summed E-state index contributed by atoms with van der Waals surface area (Å²) >= 11 is 0. The van der Waals surface area contributed by atoms with Crippen LogP contribution >= 0.6 is 0 Å². The van der Waals surface area contributed by atoms with Crippen molar-refractivity contribution in [3.05, 3.63) is 35.9 Å². The van der Waals surface area contributed by atoms with E-state index in [0.29, 0.717) is 6.04 Å². The summed E-state index contributed by atoms with van der Waals surface area (Å²) < 4.78 is 0. The lowest BCUT2D eigenvalue weighted by atomic mass is 10.0. The van der Waals surface area contributed by atoms with E-state index < -0.39 is 0 Å². The van der Waals surface area contributed by atoms with Crippen molar-refractivity contribution in [3.63, 3.8) is 0 Å². The lowest BCUT2D eigenvalue weighted by molar-refractivity contribution is 0.103. The van der Waals surface area contributed by atoms with E-state index in [9.17, 15) is 5.11 Å². The molecule has 0 saturated carbocycles. The monoisotopic (exact) mass is 219 g/mol. The molecule has 0 radical (unpaired) electrons. The highest BCUT2D eigenvalue weighted by atomic mass is 16.3. The van der Waals surface area contributed by atoms with E-state index >= 15 is 0 Å². The Bertz CT molecular complexity index is 312. The van der Waals surface area contributed by atoms with Crippen LogP contribution in [0.3, 0.4) is 0 Å². The summed E-state index contributed by atoms with van der Waals surface area (Å²) in [7, 11) is 0. The van der Waals surface area contributed by atoms with Crippen LogP contribution in [-0.4, -0.2) is 29.2 Å². The molecule has 1 heterocycles. The van der Waals surface area contributed by atoms with E-state index in [2.05, 4.69) is 35.2 Å². The van der Waals surface area contributed by atoms with Crippen LogP contribution in [0.2, 0.25) is 0 Å². The van der Waals surface area contributed by atoms with E-state index in [4.69, 9.17) is 0 Å². The first-order chi connectivity index (χ1) is 7.81. The highest BCUT2D eigenvalue weighted by molar-refractivity contribution is 5.19. The second-order valence-corrected chi connectivity index (χ2v) is 4.63. The minimum absolute atomic E-state index is 0.177. The van der Waals surface area contributed by atoms with E-state index in [1.54, 1.807) is 0 Å². The van der Waals surface area contributed by atoms with Crippen molar-refractivity contribution >= 4 is 0 Å². The molecule has 16 heavy (non-hydrogen) atoms. The minimum Gasteiger partial charge on any atom is -0.392 e. The van der Waals surface area contributed by atoms with Crippen molar-refractivity contribution < 1.29 is 5.11 Å². The molecule has 2 unspecified atom stereocenters. The zero-order valence-electron chi connectivity index (χ0n) is 9.97. The van der Waals surface area contributed by atoms with Gasteiger partial charge in [-0.2, -0.15) is 0 Å². The maximum Gasteiger partial charge on any atom is 0.0664 e. The van der Waals surface area contributed by atoms with Crippen molar-refractivity contribution in [2.24, 2.45) is 0 Å². The third kappa shape index (κ3) is 2.63. The van der Waals surface area contributed by atoms with Crippen LogP contribution < -0.4 is 0 Å². The smallest absolute Gasteiger partial charge is 0.0664 e. The fraction of sp³-hybridized carbons (Fsp3) is 0.571. The second kappa shape index (κ2) is 5.46. The molecule has 2 heteroatoms. The topological polar surface area (TPSA) is 23.5 Å². The lowest BCUT2D eigenvalue weighted by Crippen LogP contribution is -2.31. The number of likely N-dealkylation sites (tertiary alicyclic amines) is 1. The van der Waals surface area contributed by atoms with Gasteiger partial charge in [-0.3, -0.25) is 4.90 Å². The van der Waals surface area contributed by atoms with E-state index in [0.717, 1.165) is 19.5 Å². The van der Waals surface area contributed by atoms with Crippen LogP contribution in [0.4, 0.5) is 0 Å². The molecule has 0 aliphatic carbocycles. The lowest BCUT2D eigenvalue weighted by Gasteiger charge is -2.26. The van der Waals surface area contributed by atoms with E-state index in [-0.39, 0.29) is 6.10 Å². The molecule has 1 saturated heterocycles. The molecule has 1 aromatic carbocycles. The van der Waals surface area contributed by atoms with Gasteiger partial charge in [0.05, 0.1) is 6.10 Å². The number of aliphatic hydroxyl groups is 1. The predicted molar refractivity (Wildman–Crippen MR) is 66.3 cm³/mol. The Morgan fingerprint density at radius 1 is 1.38 bits per heavy atom. The summed E-state index contributed by atoms with van der Waals surface area (Å²) in [6.07, 6.45) is 3.14. The molecule has 1 fully saturated rings. The number of hydrogen-bond donors (Lipinski definition) is 1. The first-order valence-corrected chi connectivity index (χ1v) is 6.28. The molecule has 1 aliphatic rings. The maximum absolute atomic E-state index is 9.74. The SMILES string of the molecule is CCC(O)CN1CCCC1c1ccccc1. The third-order valence-electron chi connectivity index (χ3n) is 3.46. The Kier molecular flexibility index (Phi) is 3.97. The standard InChI is InChI=1S/C14H21NO/c1-2-13(16)11-15-10-6-9-14(15)12-7-4-3-5-8-12/h3-5,7-8,13-14,16H,2,6,9-11H2,1H3. The van der Waals surface area contributed by atoms with Crippen LogP contribution in [0.15, 0.2) is 30.3 Å². The average molecular weight is 219 g/mol. The summed E-state index contributed by atoms with van der Waals surface area (Å²) in [5.41, 5.74) is 1.39. The quantitative estimate of drug-likeness (QED) is 0.841. The highest BCUT2D eigenvalue weighted by Gasteiger charge is 2.26. The van der Waals surface area contributed by atoms with Gasteiger partial charge >= 0.3 is 0 Å². The fourth-order valence-electron chi connectivity index (χ4n) is 2.50. The zero-order chi connectivity index (χ0) is 11.4. The molecule has 0 aromatic heterocycles. The van der Waals surface area contributed by atoms with Crippen molar-refractivity contribution in [2.45, 2.75) is 38.3 Å². The van der Waals surface area contributed by atoms with Gasteiger partial charge < -0.3 is 5.11 Å². The Morgan fingerprint density at radius 2 is 2.12 bits per heavy atom. The Balaban J connectivity index is 2.04. The second-order valence-electron chi connectivity index (χ2n) is 4.63. The molecule has 0 bridgehead atoms. The van der Waals surface area contributed by atoms with Gasteiger partial charge in [-0.25, -0.2) is 0 Å². The van der Waals surface area contributed by atoms with Crippen molar-refractivity contribution in [1.29, 1.82) is 0 Å². The summed E-state index contributed by atoms with van der Waals surface area (Å²) in [5.74, 6) is 0. The van der Waals surface area contributed by atoms with Crippen LogP contribution in [0, 0.1) is 0 Å². The molecule has 2 rings (SSSR count). The van der Waals surface area contributed by atoms with Gasteiger partial charge in [0.15, 0.2) is 0 Å². The van der Waals surface area contributed by atoms with Gasteiger partial charge in [-0.15, -0.1) is 0 Å². The summed E-state index contributed by atoms with van der Waals surface area (Å²) in [6.45, 7) is 3.98. The summed E-state index contributed by atoms with van der Waals surface area (Å²) in [5, 5.41) is 9.74. The van der Waals surface area contributed by atoms with Gasteiger partial charge in [-0.05, 0) is 31.4 Å². The molecular weight excluding hydrogens is 198 g/mol. The van der Waals surface area contributed by atoms with Gasteiger partial charge in [-0.1, -0.05) is 37.3 Å². The van der Waals surface area contributed by atoms with Crippen molar-refractivity contribution in [1.82, 2.24) is 4.90 Å². The zero-order valence-corrected chi connectivity index (χ0v) is 9.97. The molecular formula is C14H21NO. The number of aliphatic hydroxyl groups excluding tert-OH is 1. The van der Waals surface area contributed by atoms with E-state index in [1.165, 1.54) is 18.4 Å². The van der Waals surface area contributed by atoms with Gasteiger partial charge in [0.2, 0.25) is 0 Å². The number of β-amino-alcohol motifs (C(OH)–C–C–N with tert-alkyl or cyclic N) is 1. The number of hydrogen-bond acceptors (Lipinski definition) is 2. The highest BCUT2D eigenvalue weighted by Crippen LogP contribution is 2.31. The van der Waals surface area contributed by atoms with Crippen LogP contribution in [0.25, 0.3) is 0 Å². The first-order valence-electron chi connectivity index (χ1n) is 6.28. The van der Waals surface area contributed by atoms with Gasteiger partial charge in [0.1, 0.15) is 0 Å². The maximum atomic E-state index is 9.74. The van der Waals surface area contributed by atoms with Crippen LogP contribution in [0.5, 0.6) is 0 Å². The number of benzene rings is 1. The molecule has 2 atom stereocenters. The number of rotatable bonds is 4. The summed E-state index contributed by atoms with van der Waals surface area (Å²) in [6, 6.07) is 11.2. The molecule has 0 amide bonds. The minimum atomic E-state index is -0.177. The van der Waals surface area contributed by atoms with Crippen molar-refractivity contribution in [2.75, 3.05) is 13.1 Å². The third-order valence-corrected chi connectivity index (χ3v) is 3.46. The van der Waals surface area contributed by atoms with Gasteiger partial charge in [0.25, 0.3) is 0 Å². The molecule has 88 valence electrons. The average Bonchev–Trinajstić information content (AvgIpc) is 2.78. The molecule has 1 aromatic rings. The van der Waals surface area contributed by atoms with Gasteiger partial charge in [0, 0.05) is 12.6 Å². The molecule has 2 nitrogen and oxygen atoms in total. The van der Waals surface area contributed by atoms with Crippen molar-refractivity contribution in [3.8, 4) is 0 Å². The Morgan fingerprint density at radius 3 is 2.81 bits per heavy atom. The largest absolute Gasteiger partial charge is 0.392 e. The molecule has 1 N–H and O–H groups in total. The molecule has 0 spiro atoms. The Labute approximate surface area is 97.9 Å². The molecule has 1 aliphatic heterocycles. The normalized spacial score (nSPS) is 23.5. The first kappa shape index (κ1) is 11.6.